The minimum Gasteiger partial charge on any atom is -0.309 e. The Bertz CT molecular complexity index is 2380. The highest BCUT2D eigenvalue weighted by atomic mass is 15.0. The second-order valence-electron chi connectivity index (χ2n) is 13.9. The third kappa shape index (κ3) is 5.87. The van der Waals surface area contributed by atoms with Crippen molar-refractivity contribution < 1.29 is 0 Å². The van der Waals surface area contributed by atoms with E-state index in [1.165, 1.54) is 83.1 Å². The Labute approximate surface area is 290 Å². The van der Waals surface area contributed by atoms with Crippen LogP contribution in [0.5, 0.6) is 0 Å². The molecule has 1 aromatic heterocycles. The van der Waals surface area contributed by atoms with Crippen LogP contribution in [0.1, 0.15) is 50.7 Å². The Morgan fingerprint density at radius 2 is 0.694 bits per heavy atom. The molecule has 1 nitrogen and oxygen atoms in total. The Morgan fingerprint density at radius 1 is 0.327 bits per heavy atom. The summed E-state index contributed by atoms with van der Waals surface area (Å²) in [6, 6.07) is 60.3. The molecule has 8 rings (SSSR count). The second kappa shape index (κ2) is 12.7. The molecule has 0 spiro atoms. The molecule has 1 heterocycles. The number of benzene rings is 7. The fraction of sp³-hybridized carbons (Fsp3) is 0.125. The van der Waals surface area contributed by atoms with Gasteiger partial charge in [-0.2, -0.15) is 0 Å². The van der Waals surface area contributed by atoms with Crippen molar-refractivity contribution in [2.75, 3.05) is 0 Å². The van der Waals surface area contributed by atoms with Crippen LogP contribution in [0.4, 0.5) is 0 Å². The molecular formula is C48H41N. The summed E-state index contributed by atoms with van der Waals surface area (Å²) in [7, 11) is 0. The van der Waals surface area contributed by atoms with E-state index >= 15 is 0 Å². The molecule has 0 amide bonds. The molecule has 0 bridgehead atoms. The van der Waals surface area contributed by atoms with Crippen molar-refractivity contribution in [1.82, 2.24) is 4.57 Å². The van der Waals surface area contributed by atoms with Crippen LogP contribution in [0.3, 0.4) is 0 Å². The molecule has 7 aromatic carbocycles. The molecule has 0 aliphatic heterocycles. The van der Waals surface area contributed by atoms with Crippen molar-refractivity contribution in [2.24, 2.45) is 0 Å². The predicted octanol–water partition coefficient (Wildman–Crippen LogP) is 13.7. The lowest BCUT2D eigenvalue weighted by molar-refractivity contribution is 0.868. The lowest BCUT2D eigenvalue weighted by Gasteiger charge is -2.13. The minimum atomic E-state index is 0.479. The number of nitrogens with zero attached hydrogens (tertiary/aromatic N) is 1. The molecule has 1 heteroatoms. The van der Waals surface area contributed by atoms with Crippen LogP contribution in [0.25, 0.3) is 72.0 Å². The van der Waals surface area contributed by atoms with Crippen LogP contribution >= 0.6 is 0 Å². The molecule has 0 aliphatic rings. The Kier molecular flexibility index (Phi) is 7.98. The molecule has 0 unspecified atom stereocenters. The quantitative estimate of drug-likeness (QED) is 0.165. The third-order valence-corrected chi connectivity index (χ3v) is 9.95. The largest absolute Gasteiger partial charge is 0.309 e. The average Bonchev–Trinajstić information content (AvgIpc) is 3.48. The van der Waals surface area contributed by atoms with Gasteiger partial charge >= 0.3 is 0 Å². The van der Waals surface area contributed by atoms with Crippen LogP contribution in [0.15, 0.2) is 164 Å². The van der Waals surface area contributed by atoms with E-state index in [9.17, 15) is 0 Å². The van der Waals surface area contributed by atoms with E-state index in [-0.39, 0.29) is 0 Å². The molecule has 0 saturated carbocycles. The lowest BCUT2D eigenvalue weighted by Crippen LogP contribution is -1.95. The smallest absolute Gasteiger partial charge is 0.0541 e. The van der Waals surface area contributed by atoms with Crippen molar-refractivity contribution in [2.45, 2.75) is 39.5 Å². The van der Waals surface area contributed by atoms with Crippen molar-refractivity contribution in [1.29, 1.82) is 0 Å². The van der Waals surface area contributed by atoms with E-state index in [1.807, 2.05) is 0 Å². The van der Waals surface area contributed by atoms with Gasteiger partial charge in [-0.15, -0.1) is 0 Å². The highest BCUT2D eigenvalue weighted by molar-refractivity contribution is 6.10. The summed E-state index contributed by atoms with van der Waals surface area (Å²) in [6.07, 6.45) is 0. The van der Waals surface area contributed by atoms with Gasteiger partial charge in [0.1, 0.15) is 0 Å². The van der Waals surface area contributed by atoms with Gasteiger partial charge in [0.25, 0.3) is 0 Å². The summed E-state index contributed by atoms with van der Waals surface area (Å²) in [5.74, 6) is 0.957. The van der Waals surface area contributed by atoms with Crippen molar-refractivity contribution in [3.8, 4) is 50.2 Å². The fourth-order valence-electron chi connectivity index (χ4n) is 7.15. The number of rotatable bonds is 7. The topological polar surface area (TPSA) is 4.93 Å². The Balaban J connectivity index is 1.18. The molecule has 0 N–H and O–H groups in total. The Morgan fingerprint density at radius 3 is 1.12 bits per heavy atom. The van der Waals surface area contributed by atoms with E-state index in [2.05, 4.69) is 196 Å². The van der Waals surface area contributed by atoms with Gasteiger partial charge in [0.2, 0.25) is 0 Å². The maximum atomic E-state index is 2.44. The summed E-state index contributed by atoms with van der Waals surface area (Å²) in [4.78, 5) is 0. The van der Waals surface area contributed by atoms with E-state index in [4.69, 9.17) is 0 Å². The van der Waals surface area contributed by atoms with E-state index in [0.29, 0.717) is 11.8 Å². The molecule has 0 radical (unpaired) electrons. The first-order valence-electron chi connectivity index (χ1n) is 17.5. The average molecular weight is 632 g/mol. The van der Waals surface area contributed by atoms with E-state index in [0.717, 1.165) is 0 Å². The van der Waals surface area contributed by atoms with Gasteiger partial charge in [-0.25, -0.2) is 0 Å². The normalized spacial score (nSPS) is 11.6. The summed E-state index contributed by atoms with van der Waals surface area (Å²) < 4.78 is 2.44. The zero-order chi connectivity index (χ0) is 33.5. The van der Waals surface area contributed by atoms with E-state index < -0.39 is 0 Å². The zero-order valence-electron chi connectivity index (χ0n) is 28.7. The molecule has 0 aliphatic carbocycles. The SMILES string of the molecule is CC(C)c1ccc2c(c1)c1cc(C(C)C)ccc1n2-c1cccc(-c2cccc(-c3cccc(-c4cccc(-c5ccccc5)c4)c3)c2)c1. The Hall–Kier alpha value is -5.66. The van der Waals surface area contributed by atoms with Crippen molar-refractivity contribution in [3.05, 3.63) is 175 Å². The van der Waals surface area contributed by atoms with Gasteiger partial charge in [0.05, 0.1) is 11.0 Å². The van der Waals surface area contributed by atoms with Gasteiger partial charge < -0.3 is 4.57 Å². The molecular weight excluding hydrogens is 591 g/mol. The van der Waals surface area contributed by atoms with Gasteiger partial charge in [-0.1, -0.05) is 137 Å². The van der Waals surface area contributed by atoms with Gasteiger partial charge in [-0.3, -0.25) is 0 Å². The van der Waals surface area contributed by atoms with Gasteiger partial charge in [0, 0.05) is 16.5 Å². The van der Waals surface area contributed by atoms with Crippen LogP contribution in [-0.4, -0.2) is 4.57 Å². The summed E-state index contributed by atoms with van der Waals surface area (Å²) in [5.41, 5.74) is 16.2. The first-order chi connectivity index (χ1) is 23.9. The molecule has 49 heavy (non-hydrogen) atoms. The number of aromatic nitrogens is 1. The molecule has 238 valence electrons. The monoisotopic (exact) mass is 631 g/mol. The van der Waals surface area contributed by atoms with Crippen molar-refractivity contribution >= 4 is 21.8 Å². The third-order valence-electron chi connectivity index (χ3n) is 9.95. The number of hydrogen-bond donors (Lipinski definition) is 0. The molecule has 0 saturated heterocycles. The zero-order valence-corrected chi connectivity index (χ0v) is 28.7. The minimum absolute atomic E-state index is 0.479. The molecule has 0 atom stereocenters. The number of hydrogen-bond acceptors (Lipinski definition) is 0. The maximum Gasteiger partial charge on any atom is 0.0541 e. The van der Waals surface area contributed by atoms with Crippen LogP contribution < -0.4 is 0 Å². The summed E-state index contributed by atoms with van der Waals surface area (Å²) in [6.45, 7) is 9.10. The molecule has 8 aromatic rings. The highest BCUT2D eigenvalue weighted by Gasteiger charge is 2.16. The summed E-state index contributed by atoms with van der Waals surface area (Å²) >= 11 is 0. The molecule has 0 fully saturated rings. The highest BCUT2D eigenvalue weighted by Crippen LogP contribution is 2.37. The van der Waals surface area contributed by atoms with Crippen LogP contribution in [0, 0.1) is 0 Å². The van der Waals surface area contributed by atoms with Crippen LogP contribution in [-0.2, 0) is 0 Å². The lowest BCUT2D eigenvalue weighted by atomic mass is 9.95. The predicted molar refractivity (Wildman–Crippen MR) is 211 cm³/mol. The standard InChI is InChI=1S/C48H41N/c1-32(2)35-22-24-47-45(30-35)46-31-36(33(3)4)23-25-48(46)49(47)44-21-11-20-43(29-44)42-19-10-18-41(28-42)40-17-9-16-39(27-40)38-15-8-14-37(26-38)34-12-6-5-7-13-34/h5-33H,1-4H3. The maximum absolute atomic E-state index is 2.44. The van der Waals surface area contributed by atoms with E-state index in [1.54, 1.807) is 0 Å². The first-order valence-corrected chi connectivity index (χ1v) is 17.5. The summed E-state index contributed by atoms with van der Waals surface area (Å²) in [5, 5.41) is 2.65. The first kappa shape index (κ1) is 30.7. The van der Waals surface area contributed by atoms with Gasteiger partial charge in [0.15, 0.2) is 0 Å². The van der Waals surface area contributed by atoms with Gasteiger partial charge in [-0.05, 0) is 122 Å². The second-order valence-corrected chi connectivity index (χ2v) is 13.9. The fourth-order valence-corrected chi connectivity index (χ4v) is 7.15. The van der Waals surface area contributed by atoms with Crippen molar-refractivity contribution in [3.63, 3.8) is 0 Å². The van der Waals surface area contributed by atoms with Crippen LogP contribution in [0.2, 0.25) is 0 Å². The number of fused-ring (bicyclic) bond motifs is 3.